The summed E-state index contributed by atoms with van der Waals surface area (Å²) >= 11 is 1.61. The Balaban J connectivity index is 1.32. The summed E-state index contributed by atoms with van der Waals surface area (Å²) in [7, 11) is 2.16. The van der Waals surface area contributed by atoms with Crippen LogP contribution in [-0.4, -0.2) is 67.2 Å². The number of carbonyl (C=O) groups is 1. The first-order valence-corrected chi connectivity index (χ1v) is 9.58. The van der Waals surface area contributed by atoms with E-state index in [1.165, 1.54) is 5.69 Å². The lowest BCUT2D eigenvalue weighted by molar-refractivity contribution is -0.115. The number of nitrogens with zero attached hydrogens (tertiary/aromatic N) is 4. The van der Waals surface area contributed by atoms with Gasteiger partial charge in [-0.1, -0.05) is 11.8 Å². The third-order valence-electron chi connectivity index (χ3n) is 4.81. The third-order valence-corrected chi connectivity index (χ3v) is 5.76. The fourth-order valence-electron chi connectivity index (χ4n) is 3.31. The summed E-state index contributed by atoms with van der Waals surface area (Å²) in [5.41, 5.74) is 3.12. The van der Waals surface area contributed by atoms with E-state index in [4.69, 9.17) is 0 Å². The summed E-state index contributed by atoms with van der Waals surface area (Å²) in [5.74, 6) is 0.0207. The zero-order valence-electron chi connectivity index (χ0n) is 14.4. The normalized spacial score (nSPS) is 20.4. The first-order chi connectivity index (χ1) is 12.2. The molecule has 1 aromatic carbocycles. The number of hydrogen-bond donors (Lipinski definition) is 1. The number of aliphatic imine (C=N–C) groups is 1. The third kappa shape index (κ3) is 3.67. The van der Waals surface area contributed by atoms with E-state index in [0.717, 1.165) is 55.8 Å². The van der Waals surface area contributed by atoms with Crippen LogP contribution in [0.5, 0.6) is 0 Å². The molecule has 0 unspecified atom stereocenters. The highest BCUT2D eigenvalue weighted by atomic mass is 32.2. The molecule has 0 saturated carbocycles. The van der Waals surface area contributed by atoms with E-state index in [0.29, 0.717) is 6.42 Å². The molecule has 0 aliphatic carbocycles. The fraction of sp³-hybridized carbons (Fsp3) is 0.444. The van der Waals surface area contributed by atoms with Gasteiger partial charge >= 0.3 is 0 Å². The Labute approximate surface area is 152 Å². The van der Waals surface area contributed by atoms with Crippen LogP contribution in [0.4, 0.5) is 11.4 Å². The number of thioether (sulfide) groups is 1. The van der Waals surface area contributed by atoms with Gasteiger partial charge in [0.1, 0.15) is 0 Å². The standard InChI is InChI=1S/C18H23N5OS/c1-21-8-10-22(11-9-21)15-4-2-14(3-5-15)20-17(24)12-16-13-25-18-19-6-7-23(16)18/h2-5,13H,6-12H2,1H3,(H,20,24). The molecule has 1 N–H and O–H groups in total. The number of fused-ring (bicyclic) bond motifs is 1. The van der Waals surface area contributed by atoms with Crippen molar-refractivity contribution in [3.63, 3.8) is 0 Å². The Morgan fingerprint density at radius 1 is 1.16 bits per heavy atom. The van der Waals surface area contributed by atoms with Gasteiger partial charge in [-0.2, -0.15) is 0 Å². The SMILES string of the molecule is CN1CCN(c2ccc(NC(=O)CC3=CSC4=NCCN34)cc2)CC1. The summed E-state index contributed by atoms with van der Waals surface area (Å²) in [6.45, 7) is 6.00. The van der Waals surface area contributed by atoms with Crippen molar-refractivity contribution in [1.82, 2.24) is 9.80 Å². The second-order valence-electron chi connectivity index (χ2n) is 6.61. The van der Waals surface area contributed by atoms with Crippen molar-refractivity contribution >= 4 is 34.2 Å². The molecule has 25 heavy (non-hydrogen) atoms. The second kappa shape index (κ2) is 7.09. The van der Waals surface area contributed by atoms with Gasteiger partial charge in [-0.25, -0.2) is 0 Å². The van der Waals surface area contributed by atoms with Crippen LogP contribution in [0.3, 0.4) is 0 Å². The molecule has 3 aliphatic heterocycles. The van der Waals surface area contributed by atoms with Crippen LogP contribution in [0.25, 0.3) is 0 Å². The number of amidine groups is 1. The van der Waals surface area contributed by atoms with Crippen LogP contribution in [0.2, 0.25) is 0 Å². The molecule has 1 amide bonds. The number of nitrogens with one attached hydrogen (secondary N) is 1. The monoisotopic (exact) mass is 357 g/mol. The molecule has 3 heterocycles. The summed E-state index contributed by atoms with van der Waals surface area (Å²) in [6.07, 6.45) is 0.395. The molecule has 7 heteroatoms. The minimum Gasteiger partial charge on any atom is -0.369 e. The Kier molecular flexibility index (Phi) is 4.67. The first-order valence-electron chi connectivity index (χ1n) is 8.70. The molecule has 132 valence electrons. The van der Waals surface area contributed by atoms with E-state index in [9.17, 15) is 4.79 Å². The van der Waals surface area contributed by atoms with Gasteiger partial charge in [0.05, 0.1) is 13.0 Å². The zero-order chi connectivity index (χ0) is 17.2. The highest BCUT2D eigenvalue weighted by molar-refractivity contribution is 8.16. The van der Waals surface area contributed by atoms with Crippen LogP contribution in [0, 0.1) is 0 Å². The Hall–Kier alpha value is -1.99. The van der Waals surface area contributed by atoms with Gasteiger partial charge in [0.15, 0.2) is 5.17 Å². The van der Waals surface area contributed by atoms with Gasteiger partial charge in [0.25, 0.3) is 0 Å². The van der Waals surface area contributed by atoms with Crippen molar-refractivity contribution in [3.8, 4) is 0 Å². The van der Waals surface area contributed by atoms with Crippen molar-refractivity contribution < 1.29 is 4.79 Å². The molecule has 6 nitrogen and oxygen atoms in total. The maximum absolute atomic E-state index is 12.3. The highest BCUT2D eigenvalue weighted by Crippen LogP contribution is 2.31. The Morgan fingerprint density at radius 3 is 2.68 bits per heavy atom. The first kappa shape index (κ1) is 16.5. The minimum atomic E-state index is 0.0207. The molecule has 0 bridgehead atoms. The van der Waals surface area contributed by atoms with Gasteiger partial charge < -0.3 is 20.0 Å². The second-order valence-corrected chi connectivity index (χ2v) is 7.44. The molecule has 0 atom stereocenters. The largest absolute Gasteiger partial charge is 0.369 e. The van der Waals surface area contributed by atoms with Gasteiger partial charge in [-0.3, -0.25) is 9.79 Å². The van der Waals surface area contributed by atoms with Crippen molar-refractivity contribution in [3.05, 3.63) is 35.4 Å². The summed E-state index contributed by atoms with van der Waals surface area (Å²) < 4.78 is 0. The molecule has 0 aromatic heterocycles. The summed E-state index contributed by atoms with van der Waals surface area (Å²) in [5, 5.41) is 6.07. The lowest BCUT2D eigenvalue weighted by atomic mass is 10.2. The smallest absolute Gasteiger partial charge is 0.230 e. The number of anilines is 2. The average molecular weight is 357 g/mol. The van der Waals surface area contributed by atoms with E-state index in [2.05, 4.69) is 44.2 Å². The number of piperazine rings is 1. The van der Waals surface area contributed by atoms with E-state index < -0.39 is 0 Å². The molecule has 0 radical (unpaired) electrons. The molecular weight excluding hydrogens is 334 g/mol. The number of rotatable bonds is 4. The molecule has 1 aromatic rings. The lowest BCUT2D eigenvalue weighted by Crippen LogP contribution is -2.44. The molecule has 3 aliphatic rings. The van der Waals surface area contributed by atoms with Crippen molar-refractivity contribution in [2.24, 2.45) is 4.99 Å². The molecule has 1 saturated heterocycles. The number of hydrogen-bond acceptors (Lipinski definition) is 6. The van der Waals surface area contributed by atoms with Crippen molar-refractivity contribution in [2.75, 3.05) is 56.5 Å². The van der Waals surface area contributed by atoms with Gasteiger partial charge in [0, 0.05) is 49.8 Å². The lowest BCUT2D eigenvalue weighted by Gasteiger charge is -2.34. The van der Waals surface area contributed by atoms with Gasteiger partial charge in [-0.05, 0) is 36.7 Å². The van der Waals surface area contributed by atoms with Crippen LogP contribution in [0.15, 0.2) is 40.4 Å². The van der Waals surface area contributed by atoms with E-state index in [1.807, 2.05) is 17.5 Å². The Morgan fingerprint density at radius 2 is 1.92 bits per heavy atom. The summed E-state index contributed by atoms with van der Waals surface area (Å²) in [4.78, 5) is 23.6. The predicted octanol–water partition coefficient (Wildman–Crippen LogP) is 2.03. The molecule has 4 rings (SSSR count). The van der Waals surface area contributed by atoms with Crippen molar-refractivity contribution in [1.29, 1.82) is 0 Å². The van der Waals surface area contributed by atoms with Gasteiger partial charge in [0.2, 0.25) is 5.91 Å². The Bertz CT molecular complexity index is 707. The van der Waals surface area contributed by atoms with Gasteiger partial charge in [-0.15, -0.1) is 0 Å². The highest BCUT2D eigenvalue weighted by Gasteiger charge is 2.27. The summed E-state index contributed by atoms with van der Waals surface area (Å²) in [6, 6.07) is 8.17. The quantitative estimate of drug-likeness (QED) is 0.894. The van der Waals surface area contributed by atoms with E-state index >= 15 is 0 Å². The molecular formula is C18H23N5OS. The van der Waals surface area contributed by atoms with Crippen LogP contribution < -0.4 is 10.2 Å². The van der Waals surface area contributed by atoms with Crippen LogP contribution in [-0.2, 0) is 4.79 Å². The number of benzene rings is 1. The number of carbonyl (C=O) groups excluding carboxylic acids is 1. The maximum Gasteiger partial charge on any atom is 0.230 e. The fourth-order valence-corrected chi connectivity index (χ4v) is 4.26. The number of amides is 1. The van der Waals surface area contributed by atoms with Crippen LogP contribution in [0.1, 0.15) is 6.42 Å². The van der Waals surface area contributed by atoms with Crippen molar-refractivity contribution in [2.45, 2.75) is 6.42 Å². The van der Waals surface area contributed by atoms with Crippen LogP contribution >= 0.6 is 11.8 Å². The average Bonchev–Trinajstić information content (AvgIpc) is 3.22. The number of likely N-dealkylation sites (N-methyl/N-ethyl adjacent to an activating group) is 1. The molecule has 0 spiro atoms. The minimum absolute atomic E-state index is 0.0207. The maximum atomic E-state index is 12.3. The predicted molar refractivity (Wildman–Crippen MR) is 104 cm³/mol. The zero-order valence-corrected chi connectivity index (χ0v) is 15.3. The molecule has 1 fully saturated rings. The van der Waals surface area contributed by atoms with E-state index in [1.54, 1.807) is 11.8 Å². The topological polar surface area (TPSA) is 51.2 Å². The van der Waals surface area contributed by atoms with E-state index in [-0.39, 0.29) is 5.91 Å².